The van der Waals surface area contributed by atoms with Crippen molar-refractivity contribution in [3.05, 3.63) is 11.8 Å². The van der Waals surface area contributed by atoms with Crippen LogP contribution in [0.3, 0.4) is 0 Å². The van der Waals surface area contributed by atoms with Crippen LogP contribution in [-0.2, 0) is 14.4 Å². The number of carbonyl (C=O) groups excluding carboxylic acids is 2. The minimum Gasteiger partial charge on any atom is -0.339 e. The predicted octanol–water partition coefficient (Wildman–Crippen LogP) is 0.182. The highest BCUT2D eigenvalue weighted by Gasteiger charge is 2.47. The SMILES string of the molecule is CN1CCC2(C=C(C(=O)N[C@@H](CC(C)(F)F)C(=O)NC3(C#N)CC3)NO2)C1. The summed E-state index contributed by atoms with van der Waals surface area (Å²) in [5.74, 6) is -4.66. The van der Waals surface area contributed by atoms with Gasteiger partial charge in [-0.1, -0.05) is 0 Å². The molecule has 2 atom stereocenters. The van der Waals surface area contributed by atoms with E-state index in [1.165, 1.54) is 0 Å². The molecule has 0 radical (unpaired) electrons. The lowest BCUT2D eigenvalue weighted by molar-refractivity contribution is -0.131. The number of carbonyl (C=O) groups is 2. The van der Waals surface area contributed by atoms with Crippen LogP contribution >= 0.6 is 0 Å². The Morgan fingerprint density at radius 1 is 1.48 bits per heavy atom. The highest BCUT2D eigenvalue weighted by Crippen LogP contribution is 2.35. The van der Waals surface area contributed by atoms with Gasteiger partial charge in [0.15, 0.2) is 0 Å². The molecule has 1 unspecified atom stereocenters. The van der Waals surface area contributed by atoms with Gasteiger partial charge in [0, 0.05) is 19.5 Å². The molecule has 1 saturated heterocycles. The van der Waals surface area contributed by atoms with Crippen LogP contribution in [0.2, 0.25) is 0 Å². The smallest absolute Gasteiger partial charge is 0.270 e. The van der Waals surface area contributed by atoms with Crippen LogP contribution in [0.1, 0.15) is 32.6 Å². The predicted molar refractivity (Wildman–Crippen MR) is 90.0 cm³/mol. The maximum absolute atomic E-state index is 13.5. The molecule has 0 aromatic carbocycles. The molecule has 27 heavy (non-hydrogen) atoms. The largest absolute Gasteiger partial charge is 0.339 e. The number of hydrogen-bond donors (Lipinski definition) is 3. The summed E-state index contributed by atoms with van der Waals surface area (Å²) >= 11 is 0. The topological polar surface area (TPSA) is 106 Å². The van der Waals surface area contributed by atoms with Crippen LogP contribution < -0.4 is 16.1 Å². The molecule has 8 nitrogen and oxygen atoms in total. The van der Waals surface area contributed by atoms with Crippen LogP contribution in [0, 0.1) is 11.3 Å². The number of rotatable bonds is 6. The van der Waals surface area contributed by atoms with Crippen LogP contribution in [-0.4, -0.2) is 60.0 Å². The second kappa shape index (κ2) is 6.73. The van der Waals surface area contributed by atoms with E-state index in [4.69, 9.17) is 10.1 Å². The summed E-state index contributed by atoms with van der Waals surface area (Å²) in [4.78, 5) is 32.4. The summed E-state index contributed by atoms with van der Waals surface area (Å²) in [5, 5.41) is 13.9. The zero-order valence-electron chi connectivity index (χ0n) is 15.3. The number of hydrogen-bond acceptors (Lipinski definition) is 6. The van der Waals surface area contributed by atoms with Gasteiger partial charge in [-0.25, -0.2) is 8.78 Å². The third-order valence-corrected chi connectivity index (χ3v) is 4.98. The number of nitrogens with one attached hydrogen (secondary N) is 3. The van der Waals surface area contributed by atoms with Gasteiger partial charge in [0.25, 0.3) is 5.91 Å². The van der Waals surface area contributed by atoms with Crippen molar-refractivity contribution in [2.24, 2.45) is 0 Å². The van der Waals surface area contributed by atoms with E-state index < -0.39 is 41.3 Å². The molecule has 3 N–H and O–H groups in total. The summed E-state index contributed by atoms with van der Waals surface area (Å²) in [6.45, 7) is 2.07. The average Bonchev–Trinajstić information content (AvgIpc) is 3.07. The minimum atomic E-state index is -3.16. The molecule has 2 fully saturated rings. The zero-order chi connectivity index (χ0) is 19.9. The second-order valence-corrected chi connectivity index (χ2v) is 7.80. The van der Waals surface area contributed by atoms with E-state index in [0.717, 1.165) is 6.54 Å². The Bertz CT molecular complexity index is 710. The van der Waals surface area contributed by atoms with Crippen molar-refractivity contribution < 1.29 is 23.2 Å². The molecule has 0 aromatic rings. The average molecular weight is 383 g/mol. The van der Waals surface area contributed by atoms with Crippen molar-refractivity contribution in [2.75, 3.05) is 20.1 Å². The lowest BCUT2D eigenvalue weighted by atomic mass is 10.0. The van der Waals surface area contributed by atoms with E-state index in [0.29, 0.717) is 32.7 Å². The van der Waals surface area contributed by atoms with E-state index in [2.05, 4.69) is 16.1 Å². The van der Waals surface area contributed by atoms with Crippen molar-refractivity contribution in [1.82, 2.24) is 21.0 Å². The molecular weight excluding hydrogens is 360 g/mol. The molecule has 1 spiro atoms. The first-order chi connectivity index (χ1) is 12.6. The Morgan fingerprint density at radius 2 is 2.19 bits per heavy atom. The van der Waals surface area contributed by atoms with Crippen LogP contribution in [0.15, 0.2) is 11.8 Å². The number of amides is 2. The number of halogens is 2. The quantitative estimate of drug-likeness (QED) is 0.604. The standard InChI is InChI=1S/C17H23F2N5O3/c1-15(18,19)7-11(14(26)22-16(9-20)3-4-16)21-13(25)12-8-17(27-23-12)5-6-24(2)10-17/h8,11,23H,3-7,10H2,1-2H3,(H,21,25)(H,22,26)/t11-,17?/m0/s1. The van der Waals surface area contributed by atoms with Crippen LogP contribution in [0.4, 0.5) is 8.78 Å². The van der Waals surface area contributed by atoms with Crippen molar-refractivity contribution in [3.8, 4) is 6.07 Å². The van der Waals surface area contributed by atoms with Gasteiger partial charge in [0.05, 0.1) is 6.07 Å². The number of alkyl halides is 2. The van der Waals surface area contributed by atoms with Gasteiger partial charge in [-0.05, 0) is 39.3 Å². The van der Waals surface area contributed by atoms with E-state index >= 15 is 0 Å². The van der Waals surface area contributed by atoms with E-state index in [1.54, 1.807) is 6.08 Å². The molecule has 0 bridgehead atoms. The van der Waals surface area contributed by atoms with E-state index in [9.17, 15) is 18.4 Å². The monoisotopic (exact) mass is 383 g/mol. The first-order valence-corrected chi connectivity index (χ1v) is 8.83. The number of likely N-dealkylation sites (tertiary alicyclic amines) is 1. The molecule has 2 aliphatic heterocycles. The molecule has 10 heteroatoms. The van der Waals surface area contributed by atoms with Crippen LogP contribution in [0.5, 0.6) is 0 Å². The molecule has 0 aromatic heterocycles. The lowest BCUT2D eigenvalue weighted by Gasteiger charge is -2.23. The number of hydroxylamine groups is 1. The fourth-order valence-corrected chi connectivity index (χ4v) is 3.30. The maximum atomic E-state index is 13.5. The lowest BCUT2D eigenvalue weighted by Crippen LogP contribution is -2.52. The first-order valence-electron chi connectivity index (χ1n) is 8.83. The molecule has 3 aliphatic rings. The molecule has 3 rings (SSSR count). The Balaban J connectivity index is 1.68. The van der Waals surface area contributed by atoms with E-state index in [1.807, 2.05) is 18.0 Å². The van der Waals surface area contributed by atoms with Gasteiger partial charge in [-0.2, -0.15) is 5.26 Å². The third-order valence-electron chi connectivity index (χ3n) is 4.98. The van der Waals surface area contributed by atoms with Gasteiger partial charge < -0.3 is 15.5 Å². The summed E-state index contributed by atoms with van der Waals surface area (Å²) in [6.07, 6.45) is 2.38. The molecule has 1 saturated carbocycles. The Labute approximate surface area is 155 Å². The maximum Gasteiger partial charge on any atom is 0.270 e. The van der Waals surface area contributed by atoms with Crippen molar-refractivity contribution >= 4 is 11.8 Å². The Hall–Kier alpha value is -2.25. The normalized spacial score (nSPS) is 27.4. The van der Waals surface area contributed by atoms with E-state index in [-0.39, 0.29) is 5.70 Å². The highest BCUT2D eigenvalue weighted by molar-refractivity contribution is 5.97. The Morgan fingerprint density at radius 3 is 2.70 bits per heavy atom. The van der Waals surface area contributed by atoms with Gasteiger partial charge in [0.1, 0.15) is 22.9 Å². The fourth-order valence-electron chi connectivity index (χ4n) is 3.30. The number of likely N-dealkylation sites (N-methyl/N-ethyl adjacent to an activating group) is 1. The van der Waals surface area contributed by atoms with Crippen LogP contribution in [0.25, 0.3) is 0 Å². The van der Waals surface area contributed by atoms with Crippen molar-refractivity contribution in [1.29, 1.82) is 5.26 Å². The minimum absolute atomic E-state index is 0.0870. The fraction of sp³-hybridized carbons (Fsp3) is 0.706. The van der Waals surface area contributed by atoms with Gasteiger partial charge >= 0.3 is 0 Å². The molecule has 148 valence electrons. The summed E-state index contributed by atoms with van der Waals surface area (Å²) in [6, 6.07) is 0.502. The summed E-state index contributed by atoms with van der Waals surface area (Å²) in [5.41, 5.74) is 0.990. The summed E-state index contributed by atoms with van der Waals surface area (Å²) < 4.78 is 27.0. The number of nitrogens with zero attached hydrogens (tertiary/aromatic N) is 2. The number of nitriles is 1. The van der Waals surface area contributed by atoms with Gasteiger partial charge in [0.2, 0.25) is 11.8 Å². The molecule has 2 amide bonds. The zero-order valence-corrected chi connectivity index (χ0v) is 15.3. The summed E-state index contributed by atoms with van der Waals surface area (Å²) in [7, 11) is 1.93. The van der Waals surface area contributed by atoms with Gasteiger partial charge in [-0.3, -0.25) is 19.9 Å². The van der Waals surface area contributed by atoms with Crippen molar-refractivity contribution in [3.63, 3.8) is 0 Å². The Kier molecular flexibility index (Phi) is 4.86. The highest BCUT2D eigenvalue weighted by atomic mass is 19.3. The second-order valence-electron chi connectivity index (χ2n) is 7.80. The van der Waals surface area contributed by atoms with Gasteiger partial charge in [-0.15, -0.1) is 0 Å². The molecular formula is C17H23F2N5O3. The first kappa shape index (κ1) is 19.5. The van der Waals surface area contributed by atoms with Crippen molar-refractivity contribution in [2.45, 2.75) is 55.7 Å². The third kappa shape index (κ3) is 4.54. The molecule has 2 heterocycles. The molecule has 1 aliphatic carbocycles.